The third kappa shape index (κ3) is 5.21. The van der Waals surface area contributed by atoms with Crippen molar-refractivity contribution in [1.29, 1.82) is 0 Å². The van der Waals surface area contributed by atoms with Crippen LogP contribution in [-0.4, -0.2) is 37.5 Å². The summed E-state index contributed by atoms with van der Waals surface area (Å²) in [5.41, 5.74) is 2.14. The first-order chi connectivity index (χ1) is 9.41. The quantitative estimate of drug-likeness (QED) is 0.860. The third-order valence-electron chi connectivity index (χ3n) is 2.83. The molecule has 0 atom stereocenters. The van der Waals surface area contributed by atoms with Crippen molar-refractivity contribution in [3.63, 3.8) is 0 Å². The molecule has 0 saturated carbocycles. The Balaban J connectivity index is 2.33. The number of urea groups is 1. The van der Waals surface area contributed by atoms with Crippen molar-refractivity contribution in [1.82, 2.24) is 15.5 Å². The summed E-state index contributed by atoms with van der Waals surface area (Å²) in [7, 11) is 3.38. The Labute approximate surface area is 127 Å². The molecule has 0 aliphatic heterocycles. The topological polar surface area (TPSA) is 61.4 Å². The summed E-state index contributed by atoms with van der Waals surface area (Å²) in [6.45, 7) is 2.77. The van der Waals surface area contributed by atoms with E-state index in [1.165, 1.54) is 4.90 Å². The van der Waals surface area contributed by atoms with Crippen molar-refractivity contribution in [3.8, 4) is 0 Å². The Hall–Kier alpha value is -1.56. The summed E-state index contributed by atoms with van der Waals surface area (Å²) in [4.78, 5) is 24.4. The van der Waals surface area contributed by atoms with Gasteiger partial charge in [-0.1, -0.05) is 34.1 Å². The zero-order valence-electron chi connectivity index (χ0n) is 12.0. The molecule has 0 saturated heterocycles. The molecule has 0 aromatic heterocycles. The molecule has 6 heteroatoms. The van der Waals surface area contributed by atoms with Gasteiger partial charge in [-0.2, -0.15) is 0 Å². The molecule has 0 bridgehead atoms. The van der Waals surface area contributed by atoms with Gasteiger partial charge in [-0.25, -0.2) is 4.79 Å². The van der Waals surface area contributed by atoms with E-state index in [0.717, 1.165) is 15.6 Å². The maximum Gasteiger partial charge on any atom is 0.315 e. The number of nitrogens with one attached hydrogen (secondary N) is 2. The Morgan fingerprint density at radius 3 is 2.60 bits per heavy atom. The van der Waals surface area contributed by atoms with E-state index in [1.807, 2.05) is 25.1 Å². The molecule has 3 amide bonds. The van der Waals surface area contributed by atoms with Gasteiger partial charge in [0.2, 0.25) is 5.91 Å². The van der Waals surface area contributed by atoms with Crippen molar-refractivity contribution in [2.45, 2.75) is 19.9 Å². The molecule has 0 radical (unpaired) electrons. The lowest BCUT2D eigenvalue weighted by atomic mass is 10.1. The zero-order chi connectivity index (χ0) is 15.1. The first-order valence-corrected chi connectivity index (χ1v) is 7.17. The Kier molecular flexibility index (Phi) is 6.51. The molecule has 0 heterocycles. The lowest BCUT2D eigenvalue weighted by Gasteiger charge is -2.12. The van der Waals surface area contributed by atoms with Gasteiger partial charge >= 0.3 is 6.03 Å². The average Bonchev–Trinajstić information content (AvgIpc) is 2.40. The number of carbonyl (C=O) groups is 2. The number of benzene rings is 1. The van der Waals surface area contributed by atoms with E-state index in [1.54, 1.807) is 14.1 Å². The van der Waals surface area contributed by atoms with E-state index in [0.29, 0.717) is 19.5 Å². The highest BCUT2D eigenvalue weighted by atomic mass is 79.9. The van der Waals surface area contributed by atoms with Crippen LogP contribution < -0.4 is 10.6 Å². The first kappa shape index (κ1) is 16.5. The number of hydrogen-bond acceptors (Lipinski definition) is 2. The molecule has 2 N–H and O–H groups in total. The normalized spacial score (nSPS) is 10.0. The van der Waals surface area contributed by atoms with Crippen LogP contribution in [0.1, 0.15) is 17.5 Å². The van der Waals surface area contributed by atoms with Gasteiger partial charge in [-0.15, -0.1) is 0 Å². The van der Waals surface area contributed by atoms with E-state index < -0.39 is 0 Å². The first-order valence-electron chi connectivity index (χ1n) is 6.37. The number of amides is 3. The van der Waals surface area contributed by atoms with Crippen molar-refractivity contribution in [2.75, 3.05) is 20.6 Å². The molecule has 1 rings (SSSR count). The molecular formula is C14H20BrN3O2. The van der Waals surface area contributed by atoms with Crippen molar-refractivity contribution < 1.29 is 9.59 Å². The highest BCUT2D eigenvalue weighted by molar-refractivity contribution is 9.10. The fourth-order valence-electron chi connectivity index (χ4n) is 1.59. The van der Waals surface area contributed by atoms with Crippen LogP contribution in [0.2, 0.25) is 0 Å². The summed E-state index contributed by atoms with van der Waals surface area (Å²) in [6, 6.07) is 5.63. The van der Waals surface area contributed by atoms with Gasteiger partial charge in [0.05, 0.1) is 0 Å². The van der Waals surface area contributed by atoms with E-state index in [4.69, 9.17) is 0 Å². The second-order valence-corrected chi connectivity index (χ2v) is 5.49. The molecule has 0 aliphatic rings. The zero-order valence-corrected chi connectivity index (χ0v) is 13.6. The molecule has 110 valence electrons. The molecule has 0 aliphatic carbocycles. The van der Waals surface area contributed by atoms with Crippen molar-refractivity contribution in [3.05, 3.63) is 33.8 Å². The second kappa shape index (κ2) is 7.89. The van der Waals surface area contributed by atoms with Gasteiger partial charge in [0.15, 0.2) is 0 Å². The van der Waals surface area contributed by atoms with Crippen LogP contribution >= 0.6 is 15.9 Å². The maximum absolute atomic E-state index is 11.6. The number of aryl methyl sites for hydroxylation is 1. The standard InChI is InChI=1S/C14H20BrN3O2/c1-10-5-4-6-11(13(10)15)9-17-14(20)16-8-7-12(19)18(2)3/h4-6H,7-9H2,1-3H3,(H2,16,17,20). The molecule has 0 spiro atoms. The van der Waals surface area contributed by atoms with E-state index >= 15 is 0 Å². The van der Waals surface area contributed by atoms with Crippen LogP contribution in [0.4, 0.5) is 4.79 Å². The summed E-state index contributed by atoms with van der Waals surface area (Å²) < 4.78 is 1.00. The van der Waals surface area contributed by atoms with Gasteiger partial charge in [-0.3, -0.25) is 4.79 Å². The van der Waals surface area contributed by atoms with Crippen LogP contribution in [0.3, 0.4) is 0 Å². The molecule has 0 fully saturated rings. The molecule has 1 aromatic carbocycles. The van der Waals surface area contributed by atoms with Gasteiger partial charge in [0.1, 0.15) is 0 Å². The summed E-state index contributed by atoms with van der Waals surface area (Å²) >= 11 is 3.50. The second-order valence-electron chi connectivity index (χ2n) is 4.70. The Bertz CT molecular complexity index is 489. The Morgan fingerprint density at radius 2 is 1.95 bits per heavy atom. The maximum atomic E-state index is 11.6. The van der Waals surface area contributed by atoms with Crippen LogP contribution in [0, 0.1) is 6.92 Å². The smallest absolute Gasteiger partial charge is 0.315 e. The van der Waals surface area contributed by atoms with Gasteiger partial charge in [-0.05, 0) is 18.1 Å². The van der Waals surface area contributed by atoms with Crippen molar-refractivity contribution >= 4 is 27.9 Å². The fourth-order valence-corrected chi connectivity index (χ4v) is 1.99. The van der Waals surface area contributed by atoms with Crippen LogP contribution in [0.25, 0.3) is 0 Å². The lowest BCUT2D eigenvalue weighted by Crippen LogP contribution is -2.37. The predicted octanol–water partition coefficient (Wildman–Crippen LogP) is 2.04. The highest BCUT2D eigenvalue weighted by Crippen LogP contribution is 2.20. The van der Waals surface area contributed by atoms with Gasteiger partial charge in [0.25, 0.3) is 0 Å². The SMILES string of the molecule is Cc1cccc(CNC(=O)NCCC(=O)N(C)C)c1Br. The van der Waals surface area contributed by atoms with Crippen LogP contribution in [-0.2, 0) is 11.3 Å². The lowest BCUT2D eigenvalue weighted by molar-refractivity contribution is -0.128. The monoisotopic (exact) mass is 341 g/mol. The van der Waals surface area contributed by atoms with E-state index in [2.05, 4.69) is 26.6 Å². The number of hydrogen-bond donors (Lipinski definition) is 2. The Morgan fingerprint density at radius 1 is 1.25 bits per heavy atom. The van der Waals surface area contributed by atoms with Crippen LogP contribution in [0.5, 0.6) is 0 Å². The third-order valence-corrected chi connectivity index (χ3v) is 3.97. The fraction of sp³-hybridized carbons (Fsp3) is 0.429. The molecule has 1 aromatic rings. The number of nitrogens with zero attached hydrogens (tertiary/aromatic N) is 1. The summed E-state index contributed by atoms with van der Waals surface area (Å²) in [5.74, 6) is -0.00766. The number of carbonyl (C=O) groups excluding carboxylic acids is 2. The average molecular weight is 342 g/mol. The van der Waals surface area contributed by atoms with Crippen LogP contribution in [0.15, 0.2) is 22.7 Å². The van der Waals surface area contributed by atoms with Gasteiger partial charge < -0.3 is 15.5 Å². The minimum Gasteiger partial charge on any atom is -0.349 e. The minimum absolute atomic E-state index is 0.00766. The molecule has 0 unspecified atom stereocenters. The summed E-state index contributed by atoms with van der Waals surface area (Å²) in [6.07, 6.45) is 0.300. The number of halogens is 1. The molecule has 5 nitrogen and oxygen atoms in total. The van der Waals surface area contributed by atoms with Gasteiger partial charge in [0, 0.05) is 38.1 Å². The van der Waals surface area contributed by atoms with E-state index in [9.17, 15) is 9.59 Å². The molecule has 20 heavy (non-hydrogen) atoms. The predicted molar refractivity (Wildman–Crippen MR) is 82.4 cm³/mol. The molecular weight excluding hydrogens is 322 g/mol. The minimum atomic E-state index is -0.273. The summed E-state index contributed by atoms with van der Waals surface area (Å²) in [5, 5.41) is 5.42. The van der Waals surface area contributed by atoms with E-state index in [-0.39, 0.29) is 11.9 Å². The highest BCUT2D eigenvalue weighted by Gasteiger charge is 2.07. The number of rotatable bonds is 5. The largest absolute Gasteiger partial charge is 0.349 e. The van der Waals surface area contributed by atoms with Crippen molar-refractivity contribution in [2.24, 2.45) is 0 Å².